The second-order valence-electron chi connectivity index (χ2n) is 15.8. The third-order valence-corrected chi connectivity index (χ3v) is 12.5. The molecule has 298 valence electrons. The van der Waals surface area contributed by atoms with Gasteiger partial charge in [-0.15, -0.1) is 0 Å². The van der Waals surface area contributed by atoms with Crippen molar-refractivity contribution in [3.63, 3.8) is 0 Å². The number of hydrogen-bond donors (Lipinski definition) is 4. The molecule has 4 heterocycles. The number of hydrogen-bond acceptors (Lipinski definition) is 8. The Morgan fingerprint density at radius 1 is 0.821 bits per heavy atom. The van der Waals surface area contributed by atoms with Crippen LogP contribution in [0.2, 0.25) is 10.0 Å². The van der Waals surface area contributed by atoms with E-state index in [9.17, 15) is 24.6 Å². The highest BCUT2D eigenvalue weighted by Gasteiger charge is 2.37. The molecule has 2 aromatic carbocycles. The van der Waals surface area contributed by atoms with Crippen LogP contribution >= 0.6 is 23.2 Å². The molecule has 2 amide bonds. The number of carboxylic acids is 1. The Kier molecular flexibility index (Phi) is 11.9. The monoisotopic (exact) mass is 804 g/mol. The van der Waals surface area contributed by atoms with Crippen LogP contribution in [0.15, 0.2) is 36.4 Å². The Balaban J connectivity index is 1.04. The Morgan fingerprint density at radius 2 is 1.32 bits per heavy atom. The standard InChI is InChI=1S/C41H50Cl2N8O5/c1-25(52)21-50-19-14-32-30(22-50)44-37(48(32)2)39(55)46-28-11-6-9-26(35(28)42)27-10-7-12-29(36(27)43)47-40(56)38-45-31-23-51(20-15-33(31)49(38)3)24-41(16-4-5-17-41)18-8-13-34(53)54/h6-7,9-12,25,52H,4-5,8,13-24H2,1-3H3,(H,46,55)(H,47,56)(H,53,54)/t25-/m0/s1. The zero-order valence-electron chi connectivity index (χ0n) is 32.2. The summed E-state index contributed by atoms with van der Waals surface area (Å²) in [7, 11) is 3.70. The first-order valence-corrected chi connectivity index (χ1v) is 20.2. The largest absolute Gasteiger partial charge is 0.481 e. The molecule has 0 unspecified atom stereocenters. The minimum atomic E-state index is -0.741. The van der Waals surface area contributed by atoms with Gasteiger partial charge in [-0.25, -0.2) is 9.97 Å². The molecular weight excluding hydrogens is 755 g/mol. The topological polar surface area (TPSA) is 158 Å². The van der Waals surface area contributed by atoms with Gasteiger partial charge in [-0.2, -0.15) is 0 Å². The molecule has 4 aromatic rings. The summed E-state index contributed by atoms with van der Waals surface area (Å²) < 4.78 is 3.68. The summed E-state index contributed by atoms with van der Waals surface area (Å²) in [6.07, 6.45) is 7.45. The van der Waals surface area contributed by atoms with Crippen LogP contribution in [-0.4, -0.2) is 89.2 Å². The molecule has 0 saturated heterocycles. The van der Waals surface area contributed by atoms with Crippen molar-refractivity contribution in [2.24, 2.45) is 19.5 Å². The molecule has 4 N–H and O–H groups in total. The summed E-state index contributed by atoms with van der Waals surface area (Å²) in [5.41, 5.74) is 5.82. The van der Waals surface area contributed by atoms with Crippen molar-refractivity contribution < 1.29 is 24.6 Å². The van der Waals surface area contributed by atoms with Gasteiger partial charge < -0.3 is 30.0 Å². The van der Waals surface area contributed by atoms with Crippen molar-refractivity contribution in [3.8, 4) is 11.1 Å². The minimum Gasteiger partial charge on any atom is -0.481 e. The number of rotatable bonds is 13. The normalized spacial score (nSPS) is 17.3. The summed E-state index contributed by atoms with van der Waals surface area (Å²) in [6, 6.07) is 10.6. The van der Waals surface area contributed by atoms with Crippen LogP contribution < -0.4 is 10.6 Å². The van der Waals surface area contributed by atoms with E-state index >= 15 is 0 Å². The average Bonchev–Trinajstić information content (AvgIpc) is 3.85. The molecule has 0 spiro atoms. The van der Waals surface area contributed by atoms with Crippen molar-refractivity contribution in [2.75, 3.05) is 36.8 Å². The maximum absolute atomic E-state index is 13.8. The van der Waals surface area contributed by atoms with Gasteiger partial charge in [-0.05, 0) is 50.2 Å². The van der Waals surface area contributed by atoms with Gasteiger partial charge in [0.2, 0.25) is 0 Å². The number of halogens is 2. The molecule has 15 heteroatoms. The van der Waals surface area contributed by atoms with Gasteiger partial charge in [0, 0.05) is 95.1 Å². The van der Waals surface area contributed by atoms with Crippen LogP contribution in [0.3, 0.4) is 0 Å². The lowest BCUT2D eigenvalue weighted by atomic mass is 9.80. The zero-order chi connectivity index (χ0) is 39.7. The van der Waals surface area contributed by atoms with E-state index in [0.29, 0.717) is 59.4 Å². The van der Waals surface area contributed by atoms with Gasteiger partial charge in [0.15, 0.2) is 11.6 Å². The number of benzene rings is 2. The summed E-state index contributed by atoms with van der Waals surface area (Å²) in [5.74, 6) is -0.955. The van der Waals surface area contributed by atoms with E-state index in [4.69, 9.17) is 28.2 Å². The summed E-state index contributed by atoms with van der Waals surface area (Å²) in [4.78, 5) is 52.5. The number of carbonyl (C=O) groups excluding carboxylic acids is 2. The third kappa shape index (κ3) is 8.38. The number of carboxylic acid groups (broad SMARTS) is 1. The number of imidazole rings is 2. The molecule has 3 aliphatic rings. The van der Waals surface area contributed by atoms with Crippen LogP contribution in [0.1, 0.15) is 95.9 Å². The number of β-amino-alcohol motifs (C(OH)–C–C–N with tert-alkyl or cyclic N) is 1. The molecule has 2 aliphatic heterocycles. The predicted molar refractivity (Wildman–Crippen MR) is 216 cm³/mol. The van der Waals surface area contributed by atoms with Crippen molar-refractivity contribution >= 4 is 52.4 Å². The van der Waals surface area contributed by atoms with E-state index in [1.807, 2.05) is 29.3 Å². The zero-order valence-corrected chi connectivity index (χ0v) is 33.7. The number of amides is 2. The Bertz CT molecular complexity index is 2140. The van der Waals surface area contributed by atoms with E-state index < -0.39 is 18.0 Å². The number of fused-ring (bicyclic) bond motifs is 2. The smallest absolute Gasteiger partial charge is 0.303 e. The summed E-state index contributed by atoms with van der Waals surface area (Å²) in [6.45, 7) is 6.04. The van der Waals surface area contributed by atoms with E-state index in [1.165, 1.54) is 12.8 Å². The summed E-state index contributed by atoms with van der Waals surface area (Å²) in [5, 5.41) is 25.5. The lowest BCUT2D eigenvalue weighted by Crippen LogP contribution is -2.39. The van der Waals surface area contributed by atoms with E-state index in [0.717, 1.165) is 74.5 Å². The first-order valence-electron chi connectivity index (χ1n) is 19.5. The minimum absolute atomic E-state index is 0.138. The number of nitrogens with zero attached hydrogens (tertiary/aromatic N) is 6. The van der Waals surface area contributed by atoms with Gasteiger partial charge in [0.05, 0.1) is 38.9 Å². The second kappa shape index (κ2) is 16.7. The Hall–Kier alpha value is -4.27. The average molecular weight is 806 g/mol. The van der Waals surface area contributed by atoms with Crippen LogP contribution in [0.5, 0.6) is 0 Å². The molecule has 56 heavy (non-hydrogen) atoms. The van der Waals surface area contributed by atoms with E-state index in [1.54, 1.807) is 37.3 Å². The Morgan fingerprint density at radius 3 is 1.82 bits per heavy atom. The number of aliphatic carboxylic acids is 1. The van der Waals surface area contributed by atoms with Crippen LogP contribution in [0, 0.1) is 5.41 Å². The molecule has 0 bridgehead atoms. The lowest BCUT2D eigenvalue weighted by Gasteiger charge is -2.37. The molecule has 1 saturated carbocycles. The van der Waals surface area contributed by atoms with Crippen LogP contribution in [0.4, 0.5) is 11.4 Å². The maximum Gasteiger partial charge on any atom is 0.303 e. The van der Waals surface area contributed by atoms with Crippen molar-refractivity contribution in [1.29, 1.82) is 0 Å². The van der Waals surface area contributed by atoms with Gasteiger partial charge >= 0.3 is 5.97 Å². The fourth-order valence-corrected chi connectivity index (χ4v) is 9.52. The molecule has 13 nitrogen and oxygen atoms in total. The Labute approximate surface area is 337 Å². The van der Waals surface area contributed by atoms with Crippen molar-refractivity contribution in [1.82, 2.24) is 28.9 Å². The number of carbonyl (C=O) groups is 3. The molecule has 1 atom stereocenters. The molecule has 1 fully saturated rings. The van der Waals surface area contributed by atoms with Gasteiger partial charge in [-0.1, -0.05) is 60.3 Å². The highest BCUT2D eigenvalue weighted by molar-refractivity contribution is 6.40. The predicted octanol–water partition coefficient (Wildman–Crippen LogP) is 6.54. The molecular formula is C41H50Cl2N8O5. The quantitative estimate of drug-likeness (QED) is 0.118. The summed E-state index contributed by atoms with van der Waals surface area (Å²) >= 11 is 13.9. The van der Waals surface area contributed by atoms with Crippen LogP contribution in [-0.2, 0) is 44.8 Å². The van der Waals surface area contributed by atoms with Crippen LogP contribution in [0.25, 0.3) is 11.1 Å². The van der Waals surface area contributed by atoms with Gasteiger partial charge in [0.1, 0.15) is 0 Å². The van der Waals surface area contributed by atoms with Crippen molar-refractivity contribution in [3.05, 3.63) is 80.9 Å². The first-order chi connectivity index (χ1) is 26.8. The highest BCUT2D eigenvalue weighted by atomic mass is 35.5. The number of nitrogens with one attached hydrogen (secondary N) is 2. The number of anilines is 2. The molecule has 7 rings (SSSR count). The van der Waals surface area contributed by atoms with Gasteiger partial charge in [0.25, 0.3) is 11.8 Å². The molecule has 1 aliphatic carbocycles. The maximum atomic E-state index is 13.8. The fraction of sp³-hybridized carbons (Fsp3) is 0.488. The number of aromatic nitrogens is 4. The number of aliphatic hydroxyl groups excluding tert-OH is 1. The van der Waals surface area contributed by atoms with Gasteiger partial charge in [-0.3, -0.25) is 24.2 Å². The van der Waals surface area contributed by atoms with E-state index in [2.05, 4.69) is 25.4 Å². The highest BCUT2D eigenvalue weighted by Crippen LogP contribution is 2.44. The number of aliphatic hydroxyl groups is 1. The van der Waals surface area contributed by atoms with E-state index in [-0.39, 0.29) is 28.6 Å². The SMILES string of the molecule is C[C@H](O)CN1CCc2c(nc(C(=O)Nc3cccc(-c4cccc(NC(=O)c5nc6c(n5C)CCN(CC5(CCCC(=O)O)CCCC5)C6)c4Cl)c3Cl)n2C)C1. The first kappa shape index (κ1) is 39.9. The molecule has 2 aromatic heterocycles. The van der Waals surface area contributed by atoms with Crippen molar-refractivity contribution in [2.45, 2.75) is 83.9 Å². The second-order valence-corrected chi connectivity index (χ2v) is 16.5. The third-order valence-electron chi connectivity index (χ3n) is 11.7. The fourth-order valence-electron chi connectivity index (χ4n) is 8.97. The molecule has 0 radical (unpaired) electrons. The lowest BCUT2D eigenvalue weighted by molar-refractivity contribution is -0.137.